The fraction of sp³-hybridized carbons (Fsp3) is 0.278. The molecule has 0 aliphatic rings. The van der Waals surface area contributed by atoms with E-state index < -0.39 is 15.8 Å². The quantitative estimate of drug-likeness (QED) is 0.722. The summed E-state index contributed by atoms with van der Waals surface area (Å²) >= 11 is 5.77. The lowest BCUT2D eigenvalue weighted by molar-refractivity contribution is -0.136. The highest BCUT2D eigenvalue weighted by atomic mass is 35.5. The number of aryl methyl sites for hydroxylation is 1. The van der Waals surface area contributed by atoms with Crippen molar-refractivity contribution in [2.24, 2.45) is 0 Å². The fourth-order valence-electron chi connectivity index (χ4n) is 2.45. The van der Waals surface area contributed by atoms with Gasteiger partial charge in [-0.05, 0) is 54.7 Å². The number of sulfone groups is 1. The van der Waals surface area contributed by atoms with Gasteiger partial charge in [0.1, 0.15) is 0 Å². The molecule has 2 aromatic carbocycles. The van der Waals surface area contributed by atoms with E-state index in [-0.39, 0.29) is 17.1 Å². The van der Waals surface area contributed by atoms with Crippen molar-refractivity contribution in [3.63, 3.8) is 0 Å². The molecule has 128 valence electrons. The maximum absolute atomic E-state index is 12.2. The van der Waals surface area contributed by atoms with Gasteiger partial charge in [-0.3, -0.25) is 4.79 Å². The summed E-state index contributed by atoms with van der Waals surface area (Å²) in [7, 11) is -3.29. The average molecular weight is 367 g/mol. The Morgan fingerprint density at radius 3 is 2.33 bits per heavy atom. The van der Waals surface area contributed by atoms with Gasteiger partial charge in [-0.1, -0.05) is 35.9 Å². The van der Waals surface area contributed by atoms with Crippen LogP contribution in [0.3, 0.4) is 0 Å². The summed E-state index contributed by atoms with van der Waals surface area (Å²) in [6.45, 7) is 0. The molecule has 6 heteroatoms. The first kappa shape index (κ1) is 18.5. The minimum Gasteiger partial charge on any atom is -0.481 e. The summed E-state index contributed by atoms with van der Waals surface area (Å²) in [6, 6.07) is 13.6. The predicted molar refractivity (Wildman–Crippen MR) is 94.2 cm³/mol. The Morgan fingerprint density at radius 2 is 1.67 bits per heavy atom. The van der Waals surface area contributed by atoms with Crippen LogP contribution in [0, 0.1) is 0 Å². The maximum Gasteiger partial charge on any atom is 0.307 e. The Bertz CT molecular complexity index is 798. The molecule has 0 radical (unpaired) electrons. The van der Waals surface area contributed by atoms with Gasteiger partial charge in [-0.25, -0.2) is 8.42 Å². The molecule has 1 N–H and O–H groups in total. The summed E-state index contributed by atoms with van der Waals surface area (Å²) in [5, 5.41) is 9.32. The molecule has 0 unspecified atom stereocenters. The lowest BCUT2D eigenvalue weighted by Gasteiger charge is -2.06. The van der Waals surface area contributed by atoms with E-state index >= 15 is 0 Å². The molecule has 24 heavy (non-hydrogen) atoms. The second-order valence-corrected chi connectivity index (χ2v) is 8.17. The van der Waals surface area contributed by atoms with Crippen LogP contribution in [0.1, 0.15) is 24.0 Å². The van der Waals surface area contributed by atoms with Crippen molar-refractivity contribution in [1.82, 2.24) is 0 Å². The lowest BCUT2D eigenvalue weighted by atomic mass is 10.0. The Labute approximate surface area is 147 Å². The Hall–Kier alpha value is -1.85. The number of unbranched alkanes of at least 4 members (excludes halogenated alkanes) is 1. The molecule has 0 heterocycles. The molecular weight excluding hydrogens is 348 g/mol. The number of hydrogen-bond donors (Lipinski definition) is 1. The van der Waals surface area contributed by atoms with Crippen LogP contribution in [0.4, 0.5) is 0 Å². The highest BCUT2D eigenvalue weighted by molar-refractivity contribution is 7.91. The molecule has 0 aliphatic heterocycles. The zero-order valence-electron chi connectivity index (χ0n) is 13.1. The van der Waals surface area contributed by atoms with Crippen LogP contribution in [-0.2, 0) is 27.5 Å². The Kier molecular flexibility index (Phi) is 6.40. The number of carboxylic acid groups (broad SMARTS) is 1. The third kappa shape index (κ3) is 5.65. The van der Waals surface area contributed by atoms with E-state index in [9.17, 15) is 13.2 Å². The predicted octanol–water partition coefficient (Wildman–Crippen LogP) is 3.76. The number of rotatable bonds is 8. The van der Waals surface area contributed by atoms with Gasteiger partial charge in [0, 0.05) is 5.02 Å². The first-order valence-electron chi connectivity index (χ1n) is 7.65. The minimum atomic E-state index is -3.29. The number of carboxylic acids is 1. The van der Waals surface area contributed by atoms with Crippen molar-refractivity contribution < 1.29 is 18.3 Å². The summed E-state index contributed by atoms with van der Waals surface area (Å²) in [5.74, 6) is -0.773. The zero-order chi connectivity index (χ0) is 17.6. The summed E-state index contributed by atoms with van der Waals surface area (Å²) in [6.07, 6.45) is 2.00. The molecule has 2 rings (SSSR count). The molecule has 0 atom stereocenters. The standard InChI is InChI=1S/C18H19ClO4S/c19-16-7-9-17(10-8-16)24(22,23)11-2-1-4-14-5-3-6-15(12-14)13-18(20)21/h3,5-10,12H,1-2,4,11,13H2,(H,20,21). The molecule has 0 saturated heterocycles. The van der Waals surface area contributed by atoms with Crippen LogP contribution < -0.4 is 0 Å². The number of benzene rings is 2. The molecule has 0 bridgehead atoms. The van der Waals surface area contributed by atoms with Crippen LogP contribution in [0.15, 0.2) is 53.4 Å². The minimum absolute atomic E-state index is 0.00120. The van der Waals surface area contributed by atoms with Gasteiger partial charge in [0.05, 0.1) is 17.1 Å². The van der Waals surface area contributed by atoms with Crippen LogP contribution in [0.2, 0.25) is 5.02 Å². The van der Waals surface area contributed by atoms with Gasteiger partial charge in [-0.2, -0.15) is 0 Å². The van der Waals surface area contributed by atoms with Crippen LogP contribution in [0.25, 0.3) is 0 Å². The van der Waals surface area contributed by atoms with Crippen molar-refractivity contribution in [3.05, 3.63) is 64.7 Å². The molecule has 4 nitrogen and oxygen atoms in total. The van der Waals surface area contributed by atoms with Crippen molar-refractivity contribution >= 4 is 27.4 Å². The second-order valence-electron chi connectivity index (χ2n) is 5.62. The molecule has 0 amide bonds. The van der Waals surface area contributed by atoms with E-state index in [1.807, 2.05) is 18.2 Å². The lowest BCUT2D eigenvalue weighted by Crippen LogP contribution is -2.07. The van der Waals surface area contributed by atoms with Crippen LogP contribution >= 0.6 is 11.6 Å². The van der Waals surface area contributed by atoms with Crippen LogP contribution in [0.5, 0.6) is 0 Å². The van der Waals surface area contributed by atoms with Gasteiger partial charge in [0.2, 0.25) is 0 Å². The molecule has 2 aromatic rings. The number of hydrogen-bond acceptors (Lipinski definition) is 3. The van der Waals surface area contributed by atoms with Gasteiger partial charge in [0.15, 0.2) is 9.84 Å². The molecule has 0 aliphatic carbocycles. The Balaban J connectivity index is 1.86. The first-order chi connectivity index (χ1) is 11.4. The van der Waals surface area contributed by atoms with E-state index in [4.69, 9.17) is 16.7 Å². The fourth-order valence-corrected chi connectivity index (χ4v) is 3.95. The van der Waals surface area contributed by atoms with E-state index in [0.29, 0.717) is 11.4 Å². The topological polar surface area (TPSA) is 71.4 Å². The van der Waals surface area contributed by atoms with E-state index in [1.165, 1.54) is 12.1 Å². The first-order valence-corrected chi connectivity index (χ1v) is 9.68. The smallest absolute Gasteiger partial charge is 0.307 e. The van der Waals surface area contributed by atoms with Gasteiger partial charge < -0.3 is 5.11 Å². The number of aliphatic carboxylic acids is 1. The van der Waals surface area contributed by atoms with E-state index in [2.05, 4.69) is 0 Å². The molecular formula is C18H19ClO4S. The van der Waals surface area contributed by atoms with Crippen molar-refractivity contribution in [2.75, 3.05) is 5.75 Å². The largest absolute Gasteiger partial charge is 0.481 e. The molecule has 0 fully saturated rings. The monoisotopic (exact) mass is 366 g/mol. The average Bonchev–Trinajstić information content (AvgIpc) is 2.52. The zero-order valence-corrected chi connectivity index (χ0v) is 14.7. The van der Waals surface area contributed by atoms with E-state index in [0.717, 1.165) is 24.0 Å². The summed E-state index contributed by atoms with van der Waals surface area (Å²) in [4.78, 5) is 11.0. The maximum atomic E-state index is 12.2. The van der Waals surface area contributed by atoms with Crippen molar-refractivity contribution in [1.29, 1.82) is 0 Å². The van der Waals surface area contributed by atoms with Crippen molar-refractivity contribution in [2.45, 2.75) is 30.6 Å². The van der Waals surface area contributed by atoms with Gasteiger partial charge in [-0.15, -0.1) is 0 Å². The number of carbonyl (C=O) groups is 1. The highest BCUT2D eigenvalue weighted by Crippen LogP contribution is 2.17. The summed E-state index contributed by atoms with van der Waals surface area (Å²) in [5.41, 5.74) is 1.78. The van der Waals surface area contributed by atoms with Gasteiger partial charge >= 0.3 is 5.97 Å². The number of halogens is 1. The highest BCUT2D eigenvalue weighted by Gasteiger charge is 2.13. The van der Waals surface area contributed by atoms with E-state index in [1.54, 1.807) is 18.2 Å². The molecule has 0 saturated carbocycles. The van der Waals surface area contributed by atoms with Crippen LogP contribution in [-0.4, -0.2) is 25.2 Å². The third-order valence-electron chi connectivity index (χ3n) is 3.65. The second kappa shape index (κ2) is 8.31. The van der Waals surface area contributed by atoms with Gasteiger partial charge in [0.25, 0.3) is 0 Å². The Morgan fingerprint density at radius 1 is 1.00 bits per heavy atom. The summed E-state index contributed by atoms with van der Waals surface area (Å²) < 4.78 is 24.4. The normalized spacial score (nSPS) is 11.4. The van der Waals surface area contributed by atoms with Crippen molar-refractivity contribution in [3.8, 4) is 0 Å². The molecule has 0 spiro atoms. The molecule has 0 aromatic heterocycles. The SMILES string of the molecule is O=C(O)Cc1cccc(CCCCS(=O)(=O)c2ccc(Cl)cc2)c1. The third-order valence-corrected chi connectivity index (χ3v) is 5.72.